The third kappa shape index (κ3) is 3.00. The maximum atomic E-state index is 13.8. The quantitative estimate of drug-likeness (QED) is 0.690. The second-order valence-corrected chi connectivity index (χ2v) is 4.69. The predicted octanol–water partition coefficient (Wildman–Crippen LogP) is 3.56. The van der Waals surface area contributed by atoms with Gasteiger partial charge in [0, 0.05) is 13.1 Å². The molecule has 0 unspecified atom stereocenters. The lowest BCUT2D eigenvalue weighted by Crippen LogP contribution is -2.13. The van der Waals surface area contributed by atoms with E-state index in [-0.39, 0.29) is 17.1 Å². The second kappa shape index (κ2) is 5.88. The van der Waals surface area contributed by atoms with E-state index < -0.39 is 16.8 Å². The maximum Gasteiger partial charge on any atom is 0.293 e. The Morgan fingerprint density at radius 3 is 2.48 bits per heavy atom. The SMILES string of the molecule is C[C@H](O)c1ccc(N(C)c2ccccc2F)c([N+](=O)[O-])c1. The average Bonchev–Trinajstić information content (AvgIpc) is 2.46. The number of hydrogen-bond donors (Lipinski definition) is 1. The van der Waals surface area contributed by atoms with Gasteiger partial charge in [-0.05, 0) is 30.7 Å². The summed E-state index contributed by atoms with van der Waals surface area (Å²) in [5.74, 6) is -0.464. The Balaban J connectivity index is 2.53. The summed E-state index contributed by atoms with van der Waals surface area (Å²) in [6, 6.07) is 10.4. The lowest BCUT2D eigenvalue weighted by molar-refractivity contribution is -0.384. The van der Waals surface area contributed by atoms with Crippen LogP contribution in [0.2, 0.25) is 0 Å². The molecule has 0 aromatic heterocycles. The smallest absolute Gasteiger partial charge is 0.293 e. The largest absolute Gasteiger partial charge is 0.389 e. The van der Waals surface area contributed by atoms with Crippen molar-refractivity contribution >= 4 is 17.1 Å². The molecule has 6 heteroatoms. The summed E-state index contributed by atoms with van der Waals surface area (Å²) in [6.07, 6.45) is -0.809. The molecule has 0 aliphatic heterocycles. The summed E-state index contributed by atoms with van der Waals surface area (Å²) in [6.45, 7) is 1.53. The molecule has 0 saturated heterocycles. The lowest BCUT2D eigenvalue weighted by Gasteiger charge is -2.20. The molecule has 5 nitrogen and oxygen atoms in total. The molecule has 1 atom stereocenters. The highest BCUT2D eigenvalue weighted by molar-refractivity contribution is 5.72. The van der Waals surface area contributed by atoms with Crippen LogP contribution in [0.3, 0.4) is 0 Å². The van der Waals surface area contributed by atoms with E-state index in [4.69, 9.17) is 0 Å². The Labute approximate surface area is 121 Å². The van der Waals surface area contributed by atoms with Crippen molar-refractivity contribution in [3.63, 3.8) is 0 Å². The number of hydrogen-bond acceptors (Lipinski definition) is 4. The van der Waals surface area contributed by atoms with E-state index >= 15 is 0 Å². The first kappa shape index (κ1) is 14.9. The first-order valence-corrected chi connectivity index (χ1v) is 6.36. The highest BCUT2D eigenvalue weighted by atomic mass is 19.1. The molecule has 0 spiro atoms. The third-order valence-electron chi connectivity index (χ3n) is 3.25. The molecule has 0 amide bonds. The van der Waals surface area contributed by atoms with Gasteiger partial charge in [-0.2, -0.15) is 0 Å². The minimum absolute atomic E-state index is 0.181. The summed E-state index contributed by atoms with van der Waals surface area (Å²) in [7, 11) is 1.56. The standard InChI is InChI=1S/C15H15FN2O3/c1-10(19)11-7-8-14(15(9-11)18(20)21)17(2)13-6-4-3-5-12(13)16/h3-10,19H,1-2H3/t10-/m0/s1. The number of nitro groups is 1. The predicted molar refractivity (Wildman–Crippen MR) is 78.2 cm³/mol. The maximum absolute atomic E-state index is 13.8. The fourth-order valence-electron chi connectivity index (χ4n) is 2.08. The normalized spacial score (nSPS) is 12.0. The molecule has 0 fully saturated rings. The van der Waals surface area contributed by atoms with Gasteiger partial charge in [0.05, 0.1) is 16.7 Å². The van der Waals surface area contributed by atoms with Crippen molar-refractivity contribution in [1.29, 1.82) is 0 Å². The summed E-state index contributed by atoms with van der Waals surface area (Å²) in [4.78, 5) is 12.1. The zero-order valence-corrected chi connectivity index (χ0v) is 11.7. The van der Waals surface area contributed by atoms with Crippen LogP contribution >= 0.6 is 0 Å². The van der Waals surface area contributed by atoms with Gasteiger partial charge in [-0.3, -0.25) is 10.1 Å². The van der Waals surface area contributed by atoms with Crippen LogP contribution in [0.25, 0.3) is 0 Å². The summed E-state index contributed by atoms with van der Waals surface area (Å²) in [5.41, 5.74) is 0.756. The van der Waals surface area contributed by atoms with Crippen molar-refractivity contribution in [2.75, 3.05) is 11.9 Å². The minimum atomic E-state index is -0.809. The molecule has 0 saturated carbocycles. The van der Waals surface area contributed by atoms with Crippen molar-refractivity contribution in [2.45, 2.75) is 13.0 Å². The van der Waals surface area contributed by atoms with Crippen molar-refractivity contribution in [1.82, 2.24) is 0 Å². The van der Waals surface area contributed by atoms with E-state index in [0.29, 0.717) is 5.56 Å². The van der Waals surface area contributed by atoms with Crippen LogP contribution in [-0.4, -0.2) is 17.1 Å². The molecule has 0 aliphatic carbocycles. The van der Waals surface area contributed by atoms with E-state index in [1.807, 2.05) is 0 Å². The van der Waals surface area contributed by atoms with Crippen LogP contribution in [0.1, 0.15) is 18.6 Å². The van der Waals surface area contributed by atoms with Gasteiger partial charge in [0.25, 0.3) is 5.69 Å². The van der Waals surface area contributed by atoms with Crippen molar-refractivity contribution in [2.24, 2.45) is 0 Å². The number of aliphatic hydroxyl groups is 1. The number of halogens is 1. The van der Waals surface area contributed by atoms with E-state index in [1.54, 1.807) is 31.3 Å². The first-order chi connectivity index (χ1) is 9.91. The summed E-state index contributed by atoms with van der Waals surface area (Å²) < 4.78 is 13.8. The average molecular weight is 290 g/mol. The van der Waals surface area contributed by atoms with E-state index in [0.717, 1.165) is 0 Å². The Bertz CT molecular complexity index is 674. The topological polar surface area (TPSA) is 66.6 Å². The first-order valence-electron chi connectivity index (χ1n) is 6.36. The highest BCUT2D eigenvalue weighted by Gasteiger charge is 2.21. The zero-order chi connectivity index (χ0) is 15.6. The van der Waals surface area contributed by atoms with Crippen LogP contribution in [0.5, 0.6) is 0 Å². The van der Waals surface area contributed by atoms with Crippen LogP contribution in [-0.2, 0) is 0 Å². The molecule has 2 aromatic carbocycles. The van der Waals surface area contributed by atoms with Crippen LogP contribution in [0, 0.1) is 15.9 Å². The number of nitrogens with zero attached hydrogens (tertiary/aromatic N) is 2. The van der Waals surface area contributed by atoms with E-state index in [9.17, 15) is 19.6 Å². The Morgan fingerprint density at radius 2 is 1.90 bits per heavy atom. The number of para-hydroxylation sites is 1. The molecule has 21 heavy (non-hydrogen) atoms. The second-order valence-electron chi connectivity index (χ2n) is 4.69. The van der Waals surface area contributed by atoms with Gasteiger partial charge < -0.3 is 10.0 Å². The third-order valence-corrected chi connectivity index (χ3v) is 3.25. The van der Waals surface area contributed by atoms with Gasteiger partial charge in [-0.25, -0.2) is 4.39 Å². The van der Waals surface area contributed by atoms with Crippen molar-refractivity contribution < 1.29 is 14.4 Å². The molecular formula is C15H15FN2O3. The molecule has 1 N–H and O–H groups in total. The molecule has 0 radical (unpaired) electrons. The number of anilines is 2. The number of aliphatic hydroxyl groups excluding tert-OH is 1. The van der Waals surface area contributed by atoms with E-state index in [2.05, 4.69) is 0 Å². The fourth-order valence-corrected chi connectivity index (χ4v) is 2.08. The Hall–Kier alpha value is -2.47. The Kier molecular flexibility index (Phi) is 4.18. The van der Waals surface area contributed by atoms with Gasteiger partial charge in [-0.1, -0.05) is 18.2 Å². The molecule has 2 rings (SSSR count). The zero-order valence-electron chi connectivity index (χ0n) is 11.7. The van der Waals surface area contributed by atoms with Gasteiger partial charge in [0.15, 0.2) is 0 Å². The van der Waals surface area contributed by atoms with Gasteiger partial charge in [0.2, 0.25) is 0 Å². The number of nitro benzene ring substituents is 1. The highest BCUT2D eigenvalue weighted by Crippen LogP contribution is 2.35. The van der Waals surface area contributed by atoms with Crippen molar-refractivity contribution in [3.8, 4) is 0 Å². The van der Waals surface area contributed by atoms with Crippen LogP contribution in [0.4, 0.5) is 21.5 Å². The minimum Gasteiger partial charge on any atom is -0.389 e. The summed E-state index contributed by atoms with van der Waals surface area (Å²) >= 11 is 0. The molecule has 0 bridgehead atoms. The molecular weight excluding hydrogens is 275 g/mol. The van der Waals surface area contributed by atoms with Gasteiger partial charge in [0.1, 0.15) is 11.5 Å². The van der Waals surface area contributed by atoms with Gasteiger partial charge in [-0.15, -0.1) is 0 Å². The van der Waals surface area contributed by atoms with Gasteiger partial charge >= 0.3 is 0 Å². The fraction of sp³-hybridized carbons (Fsp3) is 0.200. The monoisotopic (exact) mass is 290 g/mol. The molecule has 110 valence electrons. The van der Waals surface area contributed by atoms with E-state index in [1.165, 1.54) is 30.0 Å². The lowest BCUT2D eigenvalue weighted by atomic mass is 10.1. The summed E-state index contributed by atoms with van der Waals surface area (Å²) in [5, 5.41) is 20.7. The number of benzene rings is 2. The van der Waals surface area contributed by atoms with Crippen LogP contribution in [0.15, 0.2) is 42.5 Å². The molecule has 0 heterocycles. The number of rotatable bonds is 4. The molecule has 2 aromatic rings. The molecule has 0 aliphatic rings. The van der Waals surface area contributed by atoms with Crippen LogP contribution < -0.4 is 4.90 Å². The Morgan fingerprint density at radius 1 is 1.24 bits per heavy atom. The van der Waals surface area contributed by atoms with Crippen molar-refractivity contribution in [3.05, 3.63) is 64.0 Å².